The number of carbonyl (C=O) groups excluding carboxylic acids is 1. The number of hydrogen-bond acceptors (Lipinski definition) is 5. The van der Waals surface area contributed by atoms with Gasteiger partial charge in [-0.3, -0.25) is 9.59 Å². The summed E-state index contributed by atoms with van der Waals surface area (Å²) in [6, 6.07) is 19.7. The van der Waals surface area contributed by atoms with Crippen molar-refractivity contribution in [3.63, 3.8) is 0 Å². The molecule has 0 aliphatic carbocycles. The van der Waals surface area contributed by atoms with E-state index in [0.717, 1.165) is 11.3 Å². The van der Waals surface area contributed by atoms with Crippen LogP contribution in [0.1, 0.15) is 29.5 Å². The van der Waals surface area contributed by atoms with E-state index in [4.69, 9.17) is 27.6 Å². The maximum Gasteiger partial charge on any atom is 0.335 e. The molecule has 1 amide bonds. The van der Waals surface area contributed by atoms with E-state index in [1.54, 1.807) is 60.7 Å². The molecular formula is C30H20Cl2F2N4O3. The zero-order chi connectivity index (χ0) is 28.7. The van der Waals surface area contributed by atoms with Crippen LogP contribution in [-0.4, -0.2) is 32.5 Å². The molecule has 1 aliphatic heterocycles. The highest BCUT2D eigenvalue weighted by atomic mass is 35.5. The second-order valence-corrected chi connectivity index (χ2v) is 10.4. The summed E-state index contributed by atoms with van der Waals surface area (Å²) in [4.78, 5) is 33.6. The fourth-order valence-electron chi connectivity index (χ4n) is 5.00. The Morgan fingerprint density at radius 3 is 2.37 bits per heavy atom. The quantitative estimate of drug-likeness (QED) is 0.229. The van der Waals surface area contributed by atoms with Crippen molar-refractivity contribution < 1.29 is 18.0 Å². The number of hydrazone groups is 1. The standard InChI is InChI=1S/C30H20Cl2F2N4O3/c31-19-9-5-17(6-10-19)24-15-23(37-38(24)29(40)30(33,34)16-25-35-13-14-41-25)27-26(18-7-11-20(32)12-8-18)21-3-1-2-4-22(21)36-28(27)39/h1-14,24H,15-16H2,(H,36,39). The molecule has 2 aromatic heterocycles. The molecule has 7 nitrogen and oxygen atoms in total. The Morgan fingerprint density at radius 2 is 1.68 bits per heavy atom. The van der Waals surface area contributed by atoms with Crippen LogP contribution in [0.25, 0.3) is 22.0 Å². The molecule has 1 atom stereocenters. The Morgan fingerprint density at radius 1 is 1.00 bits per heavy atom. The molecule has 1 aliphatic rings. The van der Waals surface area contributed by atoms with Crippen molar-refractivity contribution in [1.29, 1.82) is 0 Å². The number of para-hydroxylation sites is 1. The highest BCUT2D eigenvalue weighted by molar-refractivity contribution is 6.31. The first-order valence-electron chi connectivity index (χ1n) is 12.6. The van der Waals surface area contributed by atoms with E-state index in [2.05, 4.69) is 15.1 Å². The van der Waals surface area contributed by atoms with E-state index in [9.17, 15) is 9.59 Å². The van der Waals surface area contributed by atoms with E-state index < -0.39 is 29.9 Å². The summed E-state index contributed by atoms with van der Waals surface area (Å²) >= 11 is 12.2. The molecule has 5 aromatic rings. The third-order valence-electron chi connectivity index (χ3n) is 6.89. The molecular weight excluding hydrogens is 573 g/mol. The Balaban J connectivity index is 1.52. The molecule has 11 heteroatoms. The van der Waals surface area contributed by atoms with Crippen molar-refractivity contribution in [3.05, 3.63) is 123 Å². The van der Waals surface area contributed by atoms with Crippen LogP contribution in [0.3, 0.4) is 0 Å². The molecule has 0 saturated carbocycles. The number of aromatic amines is 1. The monoisotopic (exact) mass is 592 g/mol. The number of hydrogen-bond donors (Lipinski definition) is 1. The largest absolute Gasteiger partial charge is 0.449 e. The van der Waals surface area contributed by atoms with Gasteiger partial charge in [0.2, 0.25) is 5.89 Å². The molecule has 41 heavy (non-hydrogen) atoms. The van der Waals surface area contributed by atoms with E-state index in [1.807, 2.05) is 12.1 Å². The first kappa shape index (κ1) is 26.9. The lowest BCUT2D eigenvalue weighted by molar-refractivity contribution is -0.159. The number of benzene rings is 3. The minimum atomic E-state index is -3.89. The fourth-order valence-corrected chi connectivity index (χ4v) is 5.25. The Hall–Kier alpha value is -4.34. The molecule has 206 valence electrons. The van der Waals surface area contributed by atoms with Crippen LogP contribution in [0.15, 0.2) is 99.6 Å². The summed E-state index contributed by atoms with van der Waals surface area (Å²) in [7, 11) is 0. The third kappa shape index (κ3) is 5.14. The van der Waals surface area contributed by atoms with Crippen LogP contribution >= 0.6 is 23.2 Å². The van der Waals surface area contributed by atoms with E-state index in [0.29, 0.717) is 37.6 Å². The lowest BCUT2D eigenvalue weighted by Gasteiger charge is -2.25. The van der Waals surface area contributed by atoms with Gasteiger partial charge in [0, 0.05) is 32.9 Å². The van der Waals surface area contributed by atoms with Crippen LogP contribution in [0, 0.1) is 0 Å². The van der Waals surface area contributed by atoms with Gasteiger partial charge >= 0.3 is 11.8 Å². The first-order valence-corrected chi connectivity index (χ1v) is 13.3. The van der Waals surface area contributed by atoms with Crippen molar-refractivity contribution in [3.8, 4) is 11.1 Å². The summed E-state index contributed by atoms with van der Waals surface area (Å²) in [6.45, 7) is 0. The van der Waals surface area contributed by atoms with Gasteiger partial charge in [-0.25, -0.2) is 9.99 Å². The maximum atomic E-state index is 15.3. The minimum absolute atomic E-state index is 0.00443. The Bertz CT molecular complexity index is 1840. The van der Waals surface area contributed by atoms with Crippen LogP contribution in [0.2, 0.25) is 10.0 Å². The van der Waals surface area contributed by atoms with E-state index in [1.165, 1.54) is 6.20 Å². The van der Waals surface area contributed by atoms with Crippen molar-refractivity contribution in [1.82, 2.24) is 15.0 Å². The Kier molecular flexibility index (Phi) is 6.93. The summed E-state index contributed by atoms with van der Waals surface area (Å²) in [5.74, 6) is -5.72. The first-order chi connectivity index (χ1) is 19.7. The lowest BCUT2D eigenvalue weighted by atomic mass is 9.91. The van der Waals surface area contributed by atoms with E-state index in [-0.39, 0.29) is 23.6 Å². The molecule has 0 spiro atoms. The molecule has 6 rings (SSSR count). The van der Waals surface area contributed by atoms with Crippen molar-refractivity contribution >= 4 is 45.7 Å². The van der Waals surface area contributed by atoms with Gasteiger partial charge in [-0.1, -0.05) is 65.7 Å². The normalized spacial score (nSPS) is 15.4. The molecule has 0 saturated heterocycles. The molecule has 0 fully saturated rings. The number of fused-ring (bicyclic) bond motifs is 1. The van der Waals surface area contributed by atoms with Crippen molar-refractivity contribution in [2.45, 2.75) is 24.8 Å². The highest BCUT2D eigenvalue weighted by Gasteiger charge is 2.48. The molecule has 0 bridgehead atoms. The number of halogens is 4. The fraction of sp³-hybridized carbons (Fsp3) is 0.133. The van der Waals surface area contributed by atoms with Gasteiger partial charge < -0.3 is 9.40 Å². The molecule has 3 aromatic carbocycles. The average molecular weight is 593 g/mol. The zero-order valence-corrected chi connectivity index (χ0v) is 22.7. The van der Waals surface area contributed by atoms with Gasteiger partial charge in [0.1, 0.15) is 6.26 Å². The number of alkyl halides is 2. The zero-order valence-electron chi connectivity index (χ0n) is 21.2. The van der Waals surface area contributed by atoms with Gasteiger partial charge in [-0.15, -0.1) is 0 Å². The molecule has 1 N–H and O–H groups in total. The number of nitrogens with zero attached hydrogens (tertiary/aromatic N) is 3. The maximum absolute atomic E-state index is 15.3. The van der Waals surface area contributed by atoms with Crippen LogP contribution < -0.4 is 5.56 Å². The topological polar surface area (TPSA) is 91.6 Å². The van der Waals surface area contributed by atoms with E-state index >= 15 is 8.78 Å². The summed E-state index contributed by atoms with van der Waals surface area (Å²) < 4.78 is 35.6. The summed E-state index contributed by atoms with van der Waals surface area (Å²) in [5.41, 5.74) is 2.23. The number of rotatable bonds is 6. The number of H-pyrrole nitrogens is 1. The van der Waals surface area contributed by atoms with Gasteiger partial charge in [0.15, 0.2) is 0 Å². The van der Waals surface area contributed by atoms with Gasteiger partial charge in [0.05, 0.1) is 29.9 Å². The highest BCUT2D eigenvalue weighted by Crippen LogP contribution is 2.39. The smallest absolute Gasteiger partial charge is 0.335 e. The summed E-state index contributed by atoms with van der Waals surface area (Å²) in [6.07, 6.45) is 1.34. The van der Waals surface area contributed by atoms with Crippen LogP contribution in [-0.2, 0) is 11.2 Å². The number of oxazole rings is 1. The van der Waals surface area contributed by atoms with Crippen molar-refractivity contribution in [2.75, 3.05) is 0 Å². The molecule has 3 heterocycles. The Labute approximate surface area is 242 Å². The molecule has 1 unspecified atom stereocenters. The number of nitrogens with one attached hydrogen (secondary N) is 1. The second-order valence-electron chi connectivity index (χ2n) is 9.53. The number of amides is 1. The predicted octanol–water partition coefficient (Wildman–Crippen LogP) is 7.05. The van der Waals surface area contributed by atoms with Gasteiger partial charge in [0.25, 0.3) is 5.56 Å². The third-order valence-corrected chi connectivity index (χ3v) is 7.39. The van der Waals surface area contributed by atoms with Gasteiger partial charge in [-0.05, 0) is 41.5 Å². The van der Waals surface area contributed by atoms with Gasteiger partial charge in [-0.2, -0.15) is 13.9 Å². The van der Waals surface area contributed by atoms with Crippen LogP contribution in [0.5, 0.6) is 0 Å². The SMILES string of the molecule is O=C(N1N=C(c2c(-c3ccc(Cl)cc3)c3ccccc3[nH]c2=O)CC1c1ccc(Cl)cc1)C(F)(F)Cc1ncco1. The second kappa shape index (κ2) is 10.6. The van der Waals surface area contributed by atoms with Crippen LogP contribution in [0.4, 0.5) is 8.78 Å². The minimum Gasteiger partial charge on any atom is -0.449 e. The predicted molar refractivity (Wildman–Crippen MR) is 152 cm³/mol. The molecule has 0 radical (unpaired) electrons. The lowest BCUT2D eigenvalue weighted by Crippen LogP contribution is -2.42. The summed E-state index contributed by atoms with van der Waals surface area (Å²) in [5, 5.41) is 6.81. The number of carbonyl (C=O) groups is 1. The average Bonchev–Trinajstić information content (AvgIpc) is 3.63. The number of aromatic nitrogens is 2. The number of pyridine rings is 1. The van der Waals surface area contributed by atoms with Crippen molar-refractivity contribution in [2.24, 2.45) is 5.10 Å².